The lowest BCUT2D eigenvalue weighted by molar-refractivity contribution is -0.141. The predicted octanol–water partition coefficient (Wildman–Crippen LogP) is 2.41. The van der Waals surface area contributed by atoms with Crippen molar-refractivity contribution >= 4 is 5.97 Å². The Kier molecular flexibility index (Phi) is 5.62. The largest absolute Gasteiger partial charge is 0.455 e. The molecule has 3 N–H and O–H groups in total. The Balaban J connectivity index is 2.35. The van der Waals surface area contributed by atoms with Crippen LogP contribution in [0.3, 0.4) is 0 Å². The second kappa shape index (κ2) is 7.06. The highest BCUT2D eigenvalue weighted by atomic mass is 16.5. The van der Waals surface area contributed by atoms with Gasteiger partial charge in [-0.2, -0.15) is 0 Å². The molecule has 25 heavy (non-hydrogen) atoms. The van der Waals surface area contributed by atoms with Gasteiger partial charge in [-0.1, -0.05) is 38.2 Å². The topological polar surface area (TPSA) is 87.0 Å². The molecule has 0 aromatic carbocycles. The van der Waals surface area contributed by atoms with Crippen LogP contribution in [0.25, 0.3) is 0 Å². The van der Waals surface area contributed by atoms with Gasteiger partial charge in [-0.25, -0.2) is 4.79 Å². The van der Waals surface area contributed by atoms with E-state index < -0.39 is 22.9 Å². The fraction of sp³-hybridized carbons (Fsp3) is 0.650. The van der Waals surface area contributed by atoms with Gasteiger partial charge in [-0.05, 0) is 45.1 Å². The Bertz CT molecular complexity index is 597. The average Bonchev–Trinajstić information content (AvgIpc) is 2.80. The van der Waals surface area contributed by atoms with Crippen LogP contribution in [0.5, 0.6) is 0 Å². The summed E-state index contributed by atoms with van der Waals surface area (Å²) in [6.45, 7) is 7.12. The van der Waals surface area contributed by atoms with Crippen molar-refractivity contribution in [3.63, 3.8) is 0 Å². The Morgan fingerprint density at radius 3 is 2.44 bits per heavy atom. The van der Waals surface area contributed by atoms with Crippen LogP contribution >= 0.6 is 0 Å². The average molecular weight is 350 g/mol. The summed E-state index contributed by atoms with van der Waals surface area (Å²) in [5.41, 5.74) is -2.87. The molecule has 0 saturated carbocycles. The van der Waals surface area contributed by atoms with Crippen LogP contribution in [0.1, 0.15) is 53.4 Å². The summed E-state index contributed by atoms with van der Waals surface area (Å²) in [7, 11) is 0. The first-order valence-corrected chi connectivity index (χ1v) is 8.89. The fourth-order valence-corrected chi connectivity index (χ4v) is 3.14. The first-order chi connectivity index (χ1) is 11.4. The van der Waals surface area contributed by atoms with E-state index in [1.165, 1.54) is 0 Å². The quantitative estimate of drug-likeness (QED) is 0.499. The lowest BCUT2D eigenvalue weighted by Crippen LogP contribution is -2.34. The van der Waals surface area contributed by atoms with Crippen molar-refractivity contribution in [1.82, 2.24) is 0 Å². The van der Waals surface area contributed by atoms with Crippen LogP contribution in [-0.2, 0) is 9.53 Å². The summed E-state index contributed by atoms with van der Waals surface area (Å²) >= 11 is 0. The summed E-state index contributed by atoms with van der Waals surface area (Å²) in [6.07, 6.45) is 9.14. The third-order valence-corrected chi connectivity index (χ3v) is 5.06. The van der Waals surface area contributed by atoms with Crippen LogP contribution in [0.15, 0.2) is 36.0 Å². The minimum absolute atomic E-state index is 0.0717. The molecule has 4 atom stereocenters. The van der Waals surface area contributed by atoms with E-state index in [-0.39, 0.29) is 18.3 Å². The van der Waals surface area contributed by atoms with E-state index in [0.29, 0.717) is 24.8 Å². The predicted molar refractivity (Wildman–Crippen MR) is 95.7 cm³/mol. The van der Waals surface area contributed by atoms with Gasteiger partial charge < -0.3 is 20.1 Å². The van der Waals surface area contributed by atoms with E-state index in [4.69, 9.17) is 4.74 Å². The fourth-order valence-electron chi connectivity index (χ4n) is 3.14. The summed E-state index contributed by atoms with van der Waals surface area (Å²) < 4.78 is 5.33. The molecule has 0 fully saturated rings. The molecule has 0 aromatic heterocycles. The normalized spacial score (nSPS) is 42.5. The van der Waals surface area contributed by atoms with Gasteiger partial charge in [-0.15, -0.1) is 0 Å². The molecule has 5 heteroatoms. The highest BCUT2D eigenvalue weighted by molar-refractivity contribution is 5.90. The minimum Gasteiger partial charge on any atom is -0.455 e. The molecule has 2 rings (SSSR count). The van der Waals surface area contributed by atoms with Gasteiger partial charge in [0.15, 0.2) is 0 Å². The molecule has 1 aliphatic carbocycles. The molecule has 0 amide bonds. The third kappa shape index (κ3) is 5.27. The van der Waals surface area contributed by atoms with Gasteiger partial charge in [0.2, 0.25) is 0 Å². The molecule has 5 nitrogen and oxygen atoms in total. The van der Waals surface area contributed by atoms with Crippen molar-refractivity contribution in [1.29, 1.82) is 0 Å². The van der Waals surface area contributed by atoms with Crippen molar-refractivity contribution in [3.8, 4) is 0 Å². The molecule has 2 bridgehead atoms. The van der Waals surface area contributed by atoms with E-state index in [2.05, 4.69) is 0 Å². The van der Waals surface area contributed by atoms with Gasteiger partial charge in [-0.3, -0.25) is 0 Å². The second-order valence-electron chi connectivity index (χ2n) is 8.14. The molecular weight excluding hydrogens is 320 g/mol. The van der Waals surface area contributed by atoms with Gasteiger partial charge >= 0.3 is 5.97 Å². The first kappa shape index (κ1) is 19.9. The zero-order valence-electron chi connectivity index (χ0n) is 15.5. The molecule has 0 saturated heterocycles. The van der Waals surface area contributed by atoms with Gasteiger partial charge in [0.25, 0.3) is 0 Å². The van der Waals surface area contributed by atoms with Crippen LogP contribution in [0.4, 0.5) is 0 Å². The monoisotopic (exact) mass is 350 g/mol. The zero-order valence-corrected chi connectivity index (χ0v) is 15.5. The van der Waals surface area contributed by atoms with Crippen LogP contribution in [0.2, 0.25) is 0 Å². The Morgan fingerprint density at radius 1 is 1.12 bits per heavy atom. The molecule has 140 valence electrons. The Labute approximate surface area is 149 Å². The third-order valence-electron chi connectivity index (χ3n) is 5.06. The number of ether oxygens (including phenoxy) is 1. The highest BCUT2D eigenvalue weighted by Crippen LogP contribution is 2.32. The van der Waals surface area contributed by atoms with Gasteiger partial charge in [0.1, 0.15) is 6.10 Å². The summed E-state index contributed by atoms with van der Waals surface area (Å²) in [4.78, 5) is 12.1. The molecule has 0 aromatic rings. The van der Waals surface area contributed by atoms with Crippen molar-refractivity contribution in [2.24, 2.45) is 5.92 Å². The molecule has 2 aliphatic rings. The molecule has 1 aliphatic heterocycles. The summed E-state index contributed by atoms with van der Waals surface area (Å²) in [5, 5.41) is 31.9. The standard InChI is InChI=1S/C20H30O5/c1-14(2)20(24)9-6-15-12-16(25-17(15)21)13-19(4,23)8-5-7-18(3,22)10-11-20/h5,8,10-12,14,16,22-24H,6-7,9,13H2,1-4H3/b8-5-,11-10-/t16-,18+,19-,20+/m0/s1. The molecular formula is C20H30O5. The van der Waals surface area contributed by atoms with E-state index in [1.54, 1.807) is 44.2 Å². The van der Waals surface area contributed by atoms with Crippen LogP contribution < -0.4 is 0 Å². The maximum absolute atomic E-state index is 12.1. The van der Waals surface area contributed by atoms with Crippen molar-refractivity contribution in [2.45, 2.75) is 76.3 Å². The number of carbonyl (C=O) groups is 1. The van der Waals surface area contributed by atoms with Gasteiger partial charge in [0, 0.05) is 12.0 Å². The van der Waals surface area contributed by atoms with Crippen molar-refractivity contribution in [2.75, 3.05) is 0 Å². The van der Waals surface area contributed by atoms with Crippen molar-refractivity contribution < 1.29 is 24.9 Å². The maximum Gasteiger partial charge on any atom is 0.334 e. The van der Waals surface area contributed by atoms with E-state index in [9.17, 15) is 20.1 Å². The van der Waals surface area contributed by atoms with E-state index in [1.807, 2.05) is 13.8 Å². The Hall–Kier alpha value is -1.43. The number of hydrogen-bond acceptors (Lipinski definition) is 5. The van der Waals surface area contributed by atoms with Crippen molar-refractivity contribution in [3.05, 3.63) is 36.0 Å². The van der Waals surface area contributed by atoms with Crippen LogP contribution in [0, 0.1) is 5.92 Å². The molecule has 1 heterocycles. The molecule has 0 radical (unpaired) electrons. The number of rotatable bonds is 1. The summed E-state index contributed by atoms with van der Waals surface area (Å²) in [5.74, 6) is -0.459. The zero-order chi connectivity index (χ0) is 18.9. The summed E-state index contributed by atoms with van der Waals surface area (Å²) in [6, 6.07) is 0. The SMILES string of the molecule is CC(C)[C@]1(O)/C=C\[C@](C)(O)C/C=C\[C@](C)(O)C[C@@H]2C=C(CC1)C(=O)O2. The van der Waals surface area contributed by atoms with Gasteiger partial charge in [0.05, 0.1) is 16.8 Å². The minimum atomic E-state index is -1.14. The highest BCUT2D eigenvalue weighted by Gasteiger charge is 2.34. The lowest BCUT2D eigenvalue weighted by Gasteiger charge is -2.30. The first-order valence-electron chi connectivity index (χ1n) is 8.89. The smallest absolute Gasteiger partial charge is 0.334 e. The molecule has 0 unspecified atom stereocenters. The maximum atomic E-state index is 12.1. The number of esters is 1. The molecule has 0 spiro atoms. The number of hydrogen-bond donors (Lipinski definition) is 3. The van der Waals surface area contributed by atoms with Crippen LogP contribution in [-0.4, -0.2) is 44.2 Å². The number of carbonyl (C=O) groups excluding carboxylic acids is 1. The lowest BCUT2D eigenvalue weighted by atomic mass is 9.82. The Morgan fingerprint density at radius 2 is 1.80 bits per heavy atom. The van der Waals surface area contributed by atoms with E-state index >= 15 is 0 Å². The number of aliphatic hydroxyl groups is 3. The van der Waals surface area contributed by atoms with E-state index in [0.717, 1.165) is 0 Å². The number of fused-ring (bicyclic) bond motifs is 1. The second-order valence-corrected chi connectivity index (χ2v) is 8.14.